The normalized spacial score (nSPS) is 11.2. The molecule has 1 aromatic heterocycles. The van der Waals surface area contributed by atoms with Crippen LogP contribution in [0.4, 0.5) is 5.13 Å². The lowest BCUT2D eigenvalue weighted by molar-refractivity contribution is 0.0988. The molecule has 1 heterocycles. The highest BCUT2D eigenvalue weighted by Gasteiger charge is 2.21. The minimum Gasteiger partial charge on any atom is -0.267 e. The highest BCUT2D eigenvalue weighted by atomic mass is 79.9. The maximum Gasteiger partial charge on any atom is 0.280 e. The monoisotopic (exact) mass is 511 g/mol. The van der Waals surface area contributed by atoms with Gasteiger partial charge in [0.05, 0.1) is 16.4 Å². The summed E-state index contributed by atoms with van der Waals surface area (Å²) in [4.78, 5) is 18.2. The van der Waals surface area contributed by atoms with Gasteiger partial charge in [-0.1, -0.05) is 100 Å². The van der Waals surface area contributed by atoms with E-state index in [0.717, 1.165) is 31.4 Å². The van der Waals surface area contributed by atoms with Crippen LogP contribution in [0.1, 0.15) is 15.9 Å². The van der Waals surface area contributed by atoms with Gasteiger partial charge < -0.3 is 0 Å². The Hall–Kier alpha value is -3.61. The molecule has 0 aliphatic carbocycles. The molecule has 0 saturated heterocycles. The van der Waals surface area contributed by atoms with Crippen molar-refractivity contribution in [1.82, 2.24) is 4.98 Å². The first-order valence-electron chi connectivity index (χ1n) is 10.3. The number of amides is 1. The van der Waals surface area contributed by atoms with Crippen LogP contribution in [-0.4, -0.2) is 17.1 Å². The molecule has 0 fully saturated rings. The van der Waals surface area contributed by atoms with Gasteiger partial charge in [-0.05, 0) is 47.0 Å². The predicted octanol–water partition coefficient (Wildman–Crippen LogP) is 7.41. The molecule has 0 spiro atoms. The lowest BCUT2D eigenvalue weighted by atomic mass is 10.0. The van der Waals surface area contributed by atoms with Gasteiger partial charge >= 0.3 is 0 Å². The first-order valence-corrected chi connectivity index (χ1v) is 11.9. The summed E-state index contributed by atoms with van der Waals surface area (Å²) in [6.45, 7) is 0. The van der Waals surface area contributed by atoms with Crippen LogP contribution in [-0.2, 0) is 0 Å². The first-order chi connectivity index (χ1) is 16.2. The molecule has 0 radical (unpaired) electrons. The molecule has 33 heavy (non-hydrogen) atoms. The number of thiazole rings is 1. The van der Waals surface area contributed by atoms with E-state index in [1.165, 1.54) is 16.3 Å². The summed E-state index contributed by atoms with van der Waals surface area (Å²) in [5.74, 6) is -0.236. The van der Waals surface area contributed by atoms with Gasteiger partial charge in [0, 0.05) is 10.0 Å². The van der Waals surface area contributed by atoms with E-state index >= 15 is 0 Å². The summed E-state index contributed by atoms with van der Waals surface area (Å²) in [7, 11) is 0. The fourth-order valence-electron chi connectivity index (χ4n) is 3.39. The average molecular weight is 512 g/mol. The van der Waals surface area contributed by atoms with Crippen LogP contribution in [0, 0.1) is 0 Å². The lowest BCUT2D eigenvalue weighted by Gasteiger charge is -2.14. The van der Waals surface area contributed by atoms with E-state index < -0.39 is 0 Å². The van der Waals surface area contributed by atoms with Gasteiger partial charge in [0.1, 0.15) is 0 Å². The minimum absolute atomic E-state index is 0.236. The quantitative estimate of drug-likeness (QED) is 0.182. The molecular formula is C27H18BrN3OS. The Kier molecular flexibility index (Phi) is 6.11. The van der Waals surface area contributed by atoms with Crippen molar-refractivity contribution >= 4 is 54.7 Å². The number of hydrazone groups is 1. The van der Waals surface area contributed by atoms with Crippen molar-refractivity contribution < 1.29 is 4.79 Å². The number of anilines is 1. The second kappa shape index (κ2) is 9.48. The Morgan fingerprint density at radius 2 is 1.52 bits per heavy atom. The van der Waals surface area contributed by atoms with Crippen LogP contribution in [0.5, 0.6) is 0 Å². The van der Waals surface area contributed by atoms with Gasteiger partial charge in [0.25, 0.3) is 5.91 Å². The summed E-state index contributed by atoms with van der Waals surface area (Å²) in [5.41, 5.74) is 4.42. The predicted molar refractivity (Wildman–Crippen MR) is 140 cm³/mol. The Balaban J connectivity index is 1.51. The van der Waals surface area contributed by atoms with E-state index in [9.17, 15) is 4.79 Å². The molecule has 5 rings (SSSR count). The SMILES string of the molecule is O=C(c1ccc(-c2ccccc2)cc1)N(/N=C/c1ccccc1)c1nc2ccc(Br)cc2s1. The van der Waals surface area contributed by atoms with Crippen molar-refractivity contribution in [1.29, 1.82) is 0 Å². The van der Waals surface area contributed by atoms with Crippen LogP contribution in [0.15, 0.2) is 113 Å². The maximum absolute atomic E-state index is 13.5. The van der Waals surface area contributed by atoms with Crippen LogP contribution in [0.2, 0.25) is 0 Å². The number of hydrogen-bond donors (Lipinski definition) is 0. The number of carbonyl (C=O) groups is 1. The minimum atomic E-state index is -0.236. The molecule has 0 atom stereocenters. The second-order valence-corrected chi connectivity index (χ2v) is 9.25. The van der Waals surface area contributed by atoms with Crippen molar-refractivity contribution in [3.8, 4) is 11.1 Å². The molecule has 0 bridgehead atoms. The number of nitrogens with zero attached hydrogens (tertiary/aromatic N) is 3. The van der Waals surface area contributed by atoms with E-state index in [1.54, 1.807) is 6.21 Å². The van der Waals surface area contributed by atoms with E-state index in [0.29, 0.717) is 10.7 Å². The standard InChI is InChI=1S/C27H18BrN3OS/c28-23-15-16-24-25(17-23)33-27(30-24)31(29-18-19-7-3-1-4-8-19)26(32)22-13-11-21(12-14-22)20-9-5-2-6-10-20/h1-18H/b29-18+. The Labute approximate surface area is 204 Å². The van der Waals surface area contributed by atoms with Crippen molar-refractivity contribution in [3.63, 3.8) is 0 Å². The van der Waals surface area contributed by atoms with Crippen LogP contribution >= 0.6 is 27.3 Å². The molecule has 5 aromatic rings. The average Bonchev–Trinajstić information content (AvgIpc) is 3.28. The van der Waals surface area contributed by atoms with Crippen molar-refractivity contribution in [2.75, 3.05) is 5.01 Å². The first kappa shape index (κ1) is 21.2. The van der Waals surface area contributed by atoms with Crippen LogP contribution < -0.4 is 5.01 Å². The molecule has 4 nitrogen and oxygen atoms in total. The summed E-state index contributed by atoms with van der Waals surface area (Å²) in [6, 6.07) is 33.2. The van der Waals surface area contributed by atoms with Gasteiger partial charge in [-0.3, -0.25) is 4.79 Å². The summed E-state index contributed by atoms with van der Waals surface area (Å²) < 4.78 is 1.94. The van der Waals surface area contributed by atoms with Gasteiger partial charge in [-0.2, -0.15) is 10.1 Å². The fraction of sp³-hybridized carbons (Fsp3) is 0. The number of hydrogen-bond acceptors (Lipinski definition) is 4. The topological polar surface area (TPSA) is 45.6 Å². The molecule has 160 valence electrons. The van der Waals surface area contributed by atoms with E-state index in [1.807, 2.05) is 103 Å². The highest BCUT2D eigenvalue weighted by Crippen LogP contribution is 2.32. The third-order valence-electron chi connectivity index (χ3n) is 5.07. The number of aromatic nitrogens is 1. The summed E-state index contributed by atoms with van der Waals surface area (Å²) in [6.07, 6.45) is 1.68. The van der Waals surface area contributed by atoms with E-state index in [2.05, 4.69) is 26.0 Å². The van der Waals surface area contributed by atoms with Crippen molar-refractivity contribution in [3.05, 3.63) is 119 Å². The molecule has 0 aliphatic rings. The zero-order valence-electron chi connectivity index (χ0n) is 17.4. The molecule has 0 saturated carbocycles. The van der Waals surface area contributed by atoms with E-state index in [-0.39, 0.29) is 5.91 Å². The number of carbonyl (C=O) groups excluding carboxylic acids is 1. The third kappa shape index (κ3) is 4.77. The Bertz CT molecular complexity index is 1430. The zero-order valence-corrected chi connectivity index (χ0v) is 19.8. The summed E-state index contributed by atoms with van der Waals surface area (Å²) in [5, 5.41) is 6.43. The van der Waals surface area contributed by atoms with Crippen LogP contribution in [0.3, 0.4) is 0 Å². The second-order valence-electron chi connectivity index (χ2n) is 7.32. The Morgan fingerprint density at radius 1 is 0.848 bits per heavy atom. The number of benzene rings is 4. The molecular weight excluding hydrogens is 494 g/mol. The number of fused-ring (bicyclic) bond motifs is 1. The van der Waals surface area contributed by atoms with Crippen molar-refractivity contribution in [2.45, 2.75) is 0 Å². The number of rotatable bonds is 5. The molecule has 0 unspecified atom stereocenters. The fourth-order valence-corrected chi connectivity index (χ4v) is 4.86. The largest absolute Gasteiger partial charge is 0.280 e. The Morgan fingerprint density at radius 3 is 2.24 bits per heavy atom. The molecule has 0 N–H and O–H groups in total. The van der Waals surface area contributed by atoms with Gasteiger partial charge in [0.2, 0.25) is 5.13 Å². The molecule has 1 amide bonds. The highest BCUT2D eigenvalue weighted by molar-refractivity contribution is 9.10. The van der Waals surface area contributed by atoms with E-state index in [4.69, 9.17) is 0 Å². The zero-order chi connectivity index (χ0) is 22.6. The molecule has 0 aliphatic heterocycles. The van der Waals surface area contributed by atoms with Crippen LogP contribution in [0.25, 0.3) is 21.3 Å². The summed E-state index contributed by atoms with van der Waals surface area (Å²) >= 11 is 4.93. The third-order valence-corrected chi connectivity index (χ3v) is 6.56. The molecule has 6 heteroatoms. The molecule has 4 aromatic carbocycles. The van der Waals surface area contributed by atoms with Gasteiger partial charge in [-0.15, -0.1) is 0 Å². The van der Waals surface area contributed by atoms with Gasteiger partial charge in [0.15, 0.2) is 0 Å². The lowest BCUT2D eigenvalue weighted by Crippen LogP contribution is -2.25. The van der Waals surface area contributed by atoms with Gasteiger partial charge in [-0.25, -0.2) is 4.98 Å². The van der Waals surface area contributed by atoms with Crippen molar-refractivity contribution in [2.24, 2.45) is 5.10 Å². The maximum atomic E-state index is 13.5. The smallest absolute Gasteiger partial charge is 0.267 e. The number of halogens is 1.